The average molecular weight is 278 g/mol. The van der Waals surface area contributed by atoms with Gasteiger partial charge < -0.3 is 15.2 Å². The molecular formula is C16H26N2O2. The van der Waals surface area contributed by atoms with Gasteiger partial charge in [-0.15, -0.1) is 0 Å². The van der Waals surface area contributed by atoms with Gasteiger partial charge >= 0.3 is 0 Å². The van der Waals surface area contributed by atoms with Crippen LogP contribution in [0, 0.1) is 5.92 Å². The number of aliphatic hydroxyl groups excluding tert-OH is 1. The number of piperidine rings is 1. The van der Waals surface area contributed by atoms with Crippen LogP contribution in [0.1, 0.15) is 24.4 Å². The quantitative estimate of drug-likeness (QED) is 0.831. The Balaban J connectivity index is 1.98. The summed E-state index contributed by atoms with van der Waals surface area (Å²) in [6, 6.07) is 8.06. The average Bonchev–Trinajstić information content (AvgIpc) is 2.49. The predicted octanol–water partition coefficient (Wildman–Crippen LogP) is 1.66. The molecule has 4 nitrogen and oxygen atoms in total. The zero-order valence-corrected chi connectivity index (χ0v) is 12.5. The highest BCUT2D eigenvalue weighted by molar-refractivity contribution is 5.29. The monoisotopic (exact) mass is 278 g/mol. The minimum Gasteiger partial charge on any atom is -0.497 e. The Morgan fingerprint density at radius 3 is 2.50 bits per heavy atom. The Hall–Kier alpha value is -1.10. The van der Waals surface area contributed by atoms with Crippen LogP contribution in [0.3, 0.4) is 0 Å². The number of hydrogen-bond donors (Lipinski definition) is 2. The van der Waals surface area contributed by atoms with Crippen LogP contribution >= 0.6 is 0 Å². The number of benzene rings is 1. The van der Waals surface area contributed by atoms with Gasteiger partial charge in [0.2, 0.25) is 0 Å². The molecule has 1 atom stereocenters. The van der Waals surface area contributed by atoms with Gasteiger partial charge in [-0.05, 0) is 56.6 Å². The molecular weight excluding hydrogens is 252 g/mol. The van der Waals surface area contributed by atoms with Crippen LogP contribution in [0.15, 0.2) is 24.3 Å². The van der Waals surface area contributed by atoms with Crippen LogP contribution in [0.5, 0.6) is 5.75 Å². The van der Waals surface area contributed by atoms with Crippen LogP contribution < -0.4 is 10.1 Å². The maximum atomic E-state index is 9.72. The van der Waals surface area contributed by atoms with E-state index in [-0.39, 0.29) is 12.6 Å². The highest BCUT2D eigenvalue weighted by Gasteiger charge is 2.21. The molecule has 0 aromatic heterocycles. The topological polar surface area (TPSA) is 44.7 Å². The number of aliphatic hydroxyl groups is 1. The van der Waals surface area contributed by atoms with Crippen molar-refractivity contribution in [1.29, 1.82) is 0 Å². The molecule has 1 saturated heterocycles. The molecule has 0 saturated carbocycles. The standard InChI is InChI=1S/C16H26N2O2/c1-18(11-13-7-9-17-10-8-13)16(12-19)14-3-5-15(20-2)6-4-14/h3-6,13,16-17,19H,7-12H2,1-2H3. The Labute approximate surface area is 121 Å². The lowest BCUT2D eigenvalue weighted by molar-refractivity contribution is 0.124. The van der Waals surface area contributed by atoms with Crippen molar-refractivity contribution in [3.05, 3.63) is 29.8 Å². The summed E-state index contributed by atoms with van der Waals surface area (Å²) in [5.41, 5.74) is 1.14. The Bertz CT molecular complexity index is 388. The van der Waals surface area contributed by atoms with Crippen LogP contribution in [0.2, 0.25) is 0 Å². The maximum Gasteiger partial charge on any atom is 0.118 e. The molecule has 1 unspecified atom stereocenters. The number of likely N-dealkylation sites (N-methyl/N-ethyl adjacent to an activating group) is 1. The fourth-order valence-electron chi connectivity index (χ4n) is 2.92. The third kappa shape index (κ3) is 3.95. The first-order chi connectivity index (χ1) is 9.74. The van der Waals surface area contributed by atoms with Gasteiger partial charge in [-0.1, -0.05) is 12.1 Å². The largest absolute Gasteiger partial charge is 0.497 e. The summed E-state index contributed by atoms with van der Waals surface area (Å²) in [6.07, 6.45) is 2.45. The van der Waals surface area contributed by atoms with E-state index in [2.05, 4.69) is 17.3 Å². The number of hydrogen-bond acceptors (Lipinski definition) is 4. The molecule has 0 spiro atoms. The number of nitrogens with zero attached hydrogens (tertiary/aromatic N) is 1. The van der Waals surface area contributed by atoms with Crippen molar-refractivity contribution in [2.45, 2.75) is 18.9 Å². The highest BCUT2D eigenvalue weighted by Crippen LogP contribution is 2.24. The summed E-state index contributed by atoms with van der Waals surface area (Å²) < 4.78 is 5.18. The summed E-state index contributed by atoms with van der Waals surface area (Å²) >= 11 is 0. The molecule has 4 heteroatoms. The zero-order valence-electron chi connectivity index (χ0n) is 12.5. The van der Waals surface area contributed by atoms with Gasteiger partial charge in [0.1, 0.15) is 5.75 Å². The summed E-state index contributed by atoms with van der Waals surface area (Å²) in [7, 11) is 3.77. The van der Waals surface area contributed by atoms with Gasteiger partial charge in [0.05, 0.1) is 19.8 Å². The Morgan fingerprint density at radius 2 is 1.95 bits per heavy atom. The van der Waals surface area contributed by atoms with Crippen molar-refractivity contribution in [3.63, 3.8) is 0 Å². The molecule has 2 N–H and O–H groups in total. The summed E-state index contributed by atoms with van der Waals surface area (Å²) in [5.74, 6) is 1.58. The van der Waals surface area contributed by atoms with E-state index in [1.54, 1.807) is 7.11 Å². The molecule has 20 heavy (non-hydrogen) atoms. The van der Waals surface area contributed by atoms with E-state index in [0.29, 0.717) is 0 Å². The second kappa shape index (κ2) is 7.62. The fourth-order valence-corrected chi connectivity index (χ4v) is 2.92. The number of methoxy groups -OCH3 is 1. The van der Waals surface area contributed by atoms with E-state index < -0.39 is 0 Å². The summed E-state index contributed by atoms with van der Waals surface area (Å²) in [5, 5.41) is 13.1. The molecule has 1 heterocycles. The molecule has 0 aliphatic carbocycles. The van der Waals surface area contributed by atoms with Gasteiger partial charge in [0.15, 0.2) is 0 Å². The minimum atomic E-state index is 0.0655. The van der Waals surface area contributed by atoms with Gasteiger partial charge in [-0.25, -0.2) is 0 Å². The van der Waals surface area contributed by atoms with Crippen LogP contribution in [-0.2, 0) is 0 Å². The predicted molar refractivity (Wildman–Crippen MR) is 81.0 cm³/mol. The van der Waals surface area contributed by atoms with Gasteiger partial charge in [-0.3, -0.25) is 4.90 Å². The molecule has 0 bridgehead atoms. The summed E-state index contributed by atoms with van der Waals surface area (Å²) in [4.78, 5) is 2.28. The van der Waals surface area contributed by atoms with E-state index in [0.717, 1.165) is 36.9 Å². The van der Waals surface area contributed by atoms with Crippen LogP contribution in [0.25, 0.3) is 0 Å². The lowest BCUT2D eigenvalue weighted by Gasteiger charge is -2.32. The Morgan fingerprint density at radius 1 is 1.30 bits per heavy atom. The summed E-state index contributed by atoms with van der Waals surface area (Å²) in [6.45, 7) is 3.42. The molecule has 1 fully saturated rings. The molecule has 1 aliphatic heterocycles. The van der Waals surface area contributed by atoms with Crippen molar-refractivity contribution < 1.29 is 9.84 Å². The van der Waals surface area contributed by atoms with Gasteiger partial charge in [0, 0.05) is 6.54 Å². The van der Waals surface area contributed by atoms with Crippen LogP contribution in [-0.4, -0.2) is 50.4 Å². The van der Waals surface area contributed by atoms with Gasteiger partial charge in [0.25, 0.3) is 0 Å². The van der Waals surface area contributed by atoms with E-state index in [4.69, 9.17) is 4.74 Å². The zero-order chi connectivity index (χ0) is 14.4. The first-order valence-electron chi connectivity index (χ1n) is 7.40. The molecule has 2 rings (SSSR count). The van der Waals surface area contributed by atoms with Crippen molar-refractivity contribution in [2.75, 3.05) is 40.4 Å². The molecule has 112 valence electrons. The third-order valence-electron chi connectivity index (χ3n) is 4.21. The van der Waals surface area contributed by atoms with Crippen molar-refractivity contribution in [1.82, 2.24) is 10.2 Å². The smallest absolute Gasteiger partial charge is 0.118 e. The second-order valence-corrected chi connectivity index (χ2v) is 5.60. The van der Waals surface area contributed by atoms with Gasteiger partial charge in [-0.2, -0.15) is 0 Å². The first kappa shape index (κ1) is 15.3. The lowest BCUT2D eigenvalue weighted by atomic mass is 9.96. The maximum absolute atomic E-state index is 9.72. The van der Waals surface area contributed by atoms with Crippen molar-refractivity contribution in [2.24, 2.45) is 5.92 Å². The van der Waals surface area contributed by atoms with E-state index >= 15 is 0 Å². The van der Waals surface area contributed by atoms with E-state index in [1.165, 1.54) is 12.8 Å². The first-order valence-corrected chi connectivity index (χ1v) is 7.40. The molecule has 0 amide bonds. The number of nitrogens with one attached hydrogen (secondary N) is 1. The highest BCUT2D eigenvalue weighted by atomic mass is 16.5. The van der Waals surface area contributed by atoms with Crippen molar-refractivity contribution in [3.8, 4) is 5.75 Å². The molecule has 1 aromatic carbocycles. The van der Waals surface area contributed by atoms with E-state index in [9.17, 15) is 5.11 Å². The minimum absolute atomic E-state index is 0.0655. The SMILES string of the molecule is COc1ccc(C(CO)N(C)CC2CCNCC2)cc1. The molecule has 1 aromatic rings. The lowest BCUT2D eigenvalue weighted by Crippen LogP contribution is -2.37. The molecule has 0 radical (unpaired) electrons. The van der Waals surface area contributed by atoms with Crippen LogP contribution in [0.4, 0.5) is 0 Å². The fraction of sp³-hybridized carbons (Fsp3) is 0.625. The van der Waals surface area contributed by atoms with Crippen molar-refractivity contribution >= 4 is 0 Å². The second-order valence-electron chi connectivity index (χ2n) is 5.60. The normalized spacial score (nSPS) is 18.2. The number of ether oxygens (including phenoxy) is 1. The van der Waals surface area contributed by atoms with E-state index in [1.807, 2.05) is 24.3 Å². The Kier molecular flexibility index (Phi) is 5.83. The number of rotatable bonds is 6. The third-order valence-corrected chi connectivity index (χ3v) is 4.21. The molecule has 1 aliphatic rings.